The highest BCUT2D eigenvalue weighted by Gasteiger charge is 2.43. The van der Waals surface area contributed by atoms with Gasteiger partial charge in [-0.25, -0.2) is 0 Å². The van der Waals surface area contributed by atoms with E-state index in [0.717, 1.165) is 28.2 Å². The summed E-state index contributed by atoms with van der Waals surface area (Å²) in [7, 11) is 5.39. The fourth-order valence-electron chi connectivity index (χ4n) is 5.33. The first-order valence-corrected chi connectivity index (χ1v) is 12.9. The molecule has 0 bridgehead atoms. The number of nitrogens with one attached hydrogen (secondary N) is 1. The average Bonchev–Trinajstić information content (AvgIpc) is 3.23. The van der Waals surface area contributed by atoms with Gasteiger partial charge in [0.05, 0.1) is 43.2 Å². The number of hydrogen-bond donors (Lipinski definition) is 1. The van der Waals surface area contributed by atoms with Crippen molar-refractivity contribution in [3.8, 4) is 11.5 Å². The Hall–Kier alpha value is -3.29. The van der Waals surface area contributed by atoms with Crippen LogP contribution in [-0.2, 0) is 0 Å². The van der Waals surface area contributed by atoms with Crippen LogP contribution >= 0.6 is 23.8 Å². The maximum absolute atomic E-state index is 7.11. The van der Waals surface area contributed by atoms with Crippen LogP contribution in [0.15, 0.2) is 60.8 Å². The summed E-state index contributed by atoms with van der Waals surface area (Å²) in [4.78, 5) is 9.02. The second-order valence-corrected chi connectivity index (χ2v) is 10.8. The Morgan fingerprint density at radius 2 is 1.84 bits per heavy atom. The van der Waals surface area contributed by atoms with E-state index in [-0.39, 0.29) is 17.6 Å². The van der Waals surface area contributed by atoms with E-state index < -0.39 is 0 Å². The molecule has 2 unspecified atom stereocenters. The van der Waals surface area contributed by atoms with Crippen LogP contribution in [-0.4, -0.2) is 36.9 Å². The van der Waals surface area contributed by atoms with Crippen molar-refractivity contribution < 1.29 is 9.47 Å². The molecule has 0 radical (unpaired) electrons. The molecule has 6 nitrogen and oxygen atoms in total. The molecular weight excluding hydrogens is 504 g/mol. The van der Waals surface area contributed by atoms with E-state index >= 15 is 0 Å². The number of hydrogen-bond acceptors (Lipinski definition) is 5. The molecular formula is C29H31ClN4O2S. The van der Waals surface area contributed by atoms with Crippen LogP contribution in [0.4, 0.5) is 11.4 Å². The summed E-state index contributed by atoms with van der Waals surface area (Å²) in [5.41, 5.74) is 6.02. The maximum atomic E-state index is 7.11. The van der Waals surface area contributed by atoms with Crippen molar-refractivity contribution in [1.82, 2.24) is 10.3 Å². The zero-order valence-electron chi connectivity index (χ0n) is 21.9. The first-order chi connectivity index (χ1) is 17.7. The number of aromatic nitrogens is 1. The topological polar surface area (TPSA) is 49.9 Å². The number of nitrogens with zero attached hydrogens (tertiary/aromatic N) is 3. The third-order valence-electron chi connectivity index (χ3n) is 7.40. The van der Waals surface area contributed by atoms with E-state index in [2.05, 4.69) is 66.1 Å². The van der Waals surface area contributed by atoms with Gasteiger partial charge in [0, 0.05) is 35.6 Å². The van der Waals surface area contributed by atoms with Crippen LogP contribution in [0.5, 0.6) is 11.5 Å². The summed E-state index contributed by atoms with van der Waals surface area (Å²) in [6.45, 7) is 6.56. The van der Waals surface area contributed by atoms with Crippen molar-refractivity contribution in [2.75, 3.05) is 31.1 Å². The monoisotopic (exact) mass is 534 g/mol. The van der Waals surface area contributed by atoms with Crippen molar-refractivity contribution in [2.24, 2.45) is 0 Å². The fourth-order valence-corrected chi connectivity index (χ4v) is 5.94. The van der Waals surface area contributed by atoms with Gasteiger partial charge >= 0.3 is 0 Å². The zero-order chi connectivity index (χ0) is 26.5. The Kier molecular flexibility index (Phi) is 6.54. The van der Waals surface area contributed by atoms with E-state index in [0.29, 0.717) is 21.6 Å². The lowest BCUT2D eigenvalue weighted by molar-refractivity contribution is 0.394. The summed E-state index contributed by atoms with van der Waals surface area (Å²) in [6, 6.07) is 15.4. The van der Waals surface area contributed by atoms with E-state index in [1.165, 1.54) is 5.57 Å². The van der Waals surface area contributed by atoms with Crippen LogP contribution < -0.4 is 24.6 Å². The molecule has 192 valence electrons. The highest BCUT2D eigenvalue weighted by molar-refractivity contribution is 7.80. The lowest BCUT2D eigenvalue weighted by atomic mass is 9.86. The van der Waals surface area contributed by atoms with Crippen LogP contribution in [0.25, 0.3) is 5.57 Å². The molecule has 1 saturated heterocycles. The Labute approximate surface area is 228 Å². The number of anilines is 2. The second-order valence-electron chi connectivity index (χ2n) is 9.97. The molecule has 3 aromatic rings. The minimum Gasteiger partial charge on any atom is -0.497 e. The minimum absolute atomic E-state index is 0.114. The Morgan fingerprint density at radius 1 is 1.05 bits per heavy atom. The lowest BCUT2D eigenvalue weighted by Gasteiger charge is -2.41. The minimum atomic E-state index is -0.268. The van der Waals surface area contributed by atoms with E-state index in [9.17, 15) is 0 Å². The molecule has 2 atom stereocenters. The van der Waals surface area contributed by atoms with E-state index in [4.69, 9.17) is 33.3 Å². The third kappa shape index (κ3) is 4.30. The Balaban J connectivity index is 1.72. The number of thiocarbonyl (C=S) groups is 1. The fraction of sp³-hybridized carbons (Fsp3) is 0.310. The molecule has 5 rings (SSSR count). The number of allylic oxidation sites excluding steroid dienone is 1. The number of ether oxygens (including phenoxy) is 2. The normalized spacial score (nSPS) is 20.3. The number of halogens is 1. The summed E-state index contributed by atoms with van der Waals surface area (Å²) in [6.07, 6.45) is 4.09. The van der Waals surface area contributed by atoms with Gasteiger partial charge in [-0.15, -0.1) is 0 Å². The predicted octanol–water partition coefficient (Wildman–Crippen LogP) is 6.56. The van der Waals surface area contributed by atoms with E-state index in [1.807, 2.05) is 36.4 Å². The number of methoxy groups -OCH3 is 2. The number of benzene rings is 2. The summed E-state index contributed by atoms with van der Waals surface area (Å²) in [5.74, 6) is 1.36. The molecule has 3 heterocycles. The highest BCUT2D eigenvalue weighted by atomic mass is 35.5. The van der Waals surface area contributed by atoms with Gasteiger partial charge < -0.3 is 24.6 Å². The largest absolute Gasteiger partial charge is 0.497 e. The van der Waals surface area contributed by atoms with Gasteiger partial charge in [-0.1, -0.05) is 23.7 Å². The molecule has 2 aromatic carbocycles. The number of fused-ring (bicyclic) bond motifs is 1. The second kappa shape index (κ2) is 9.54. The summed E-state index contributed by atoms with van der Waals surface area (Å²) >= 11 is 13.0. The molecule has 1 fully saturated rings. The lowest BCUT2D eigenvalue weighted by Crippen LogP contribution is -2.42. The van der Waals surface area contributed by atoms with Crippen molar-refractivity contribution in [3.63, 3.8) is 0 Å². The maximum Gasteiger partial charge on any atom is 0.174 e. The van der Waals surface area contributed by atoms with Gasteiger partial charge in [0.15, 0.2) is 5.11 Å². The molecule has 2 aliphatic rings. The van der Waals surface area contributed by atoms with Crippen LogP contribution in [0.3, 0.4) is 0 Å². The Morgan fingerprint density at radius 3 is 2.51 bits per heavy atom. The molecule has 8 heteroatoms. The van der Waals surface area contributed by atoms with Gasteiger partial charge in [0.2, 0.25) is 0 Å². The molecule has 1 aromatic heterocycles. The van der Waals surface area contributed by atoms with Gasteiger partial charge in [0.1, 0.15) is 11.5 Å². The molecule has 0 amide bonds. The van der Waals surface area contributed by atoms with E-state index in [1.54, 1.807) is 20.4 Å². The molecule has 0 saturated carbocycles. The molecule has 0 spiro atoms. The standard InChI is InChI=1S/C29H31ClN4O2S/c1-17-16-29(2,3)33(4)24-15-21(30)20(14-19(17)24)27-26(22-9-7-8-12-31-22)32-28(37)34(27)23-11-10-18(35-5)13-25(23)36-6/h7-16,26-27H,1-6H3,(H,32,37). The van der Waals surface area contributed by atoms with Crippen LogP contribution in [0.2, 0.25) is 5.02 Å². The zero-order valence-corrected chi connectivity index (χ0v) is 23.4. The number of rotatable bonds is 5. The molecule has 2 aliphatic heterocycles. The third-order valence-corrected chi connectivity index (χ3v) is 8.04. The van der Waals surface area contributed by atoms with Crippen molar-refractivity contribution in [1.29, 1.82) is 0 Å². The number of pyridine rings is 1. The summed E-state index contributed by atoms with van der Waals surface area (Å²) < 4.78 is 11.2. The average molecular weight is 535 g/mol. The molecule has 1 N–H and O–H groups in total. The smallest absolute Gasteiger partial charge is 0.174 e. The number of likely N-dealkylation sites (N-methyl/N-ethyl adjacent to an activating group) is 1. The predicted molar refractivity (Wildman–Crippen MR) is 155 cm³/mol. The SMILES string of the molecule is COc1ccc(N2C(=S)NC(c3ccccn3)C2c2cc3c(cc2Cl)N(C)C(C)(C)C=C3C)c(OC)c1. The molecule has 37 heavy (non-hydrogen) atoms. The van der Waals surface area contributed by atoms with Crippen LogP contribution in [0, 0.1) is 0 Å². The highest BCUT2D eigenvalue weighted by Crippen LogP contribution is 2.49. The molecule has 0 aliphatic carbocycles. The Bertz CT molecular complexity index is 1390. The van der Waals surface area contributed by atoms with Crippen molar-refractivity contribution in [2.45, 2.75) is 38.4 Å². The van der Waals surface area contributed by atoms with Gasteiger partial charge in [-0.3, -0.25) is 4.98 Å². The first-order valence-electron chi connectivity index (χ1n) is 12.2. The van der Waals surface area contributed by atoms with Crippen molar-refractivity contribution >= 4 is 45.9 Å². The van der Waals surface area contributed by atoms with Gasteiger partial charge in [-0.05, 0) is 80.5 Å². The van der Waals surface area contributed by atoms with Crippen LogP contribution in [0.1, 0.15) is 49.7 Å². The summed E-state index contributed by atoms with van der Waals surface area (Å²) in [5, 5.41) is 4.76. The quantitative estimate of drug-likeness (QED) is 0.372. The first kappa shape index (κ1) is 25.4. The van der Waals surface area contributed by atoms with Gasteiger partial charge in [0.25, 0.3) is 0 Å². The van der Waals surface area contributed by atoms with Gasteiger partial charge in [-0.2, -0.15) is 0 Å². The van der Waals surface area contributed by atoms with Crippen molar-refractivity contribution in [3.05, 3.63) is 82.6 Å².